The molecular weight excluding hydrogens is 272 g/mol. The van der Waals surface area contributed by atoms with E-state index in [0.717, 1.165) is 23.3 Å². The van der Waals surface area contributed by atoms with E-state index in [0.29, 0.717) is 12.0 Å². The fourth-order valence-corrected chi connectivity index (χ4v) is 2.52. The van der Waals surface area contributed by atoms with Crippen LogP contribution in [0.2, 0.25) is 0 Å². The van der Waals surface area contributed by atoms with E-state index in [2.05, 4.69) is 0 Å². The quantitative estimate of drug-likeness (QED) is 0.889. The maximum atomic E-state index is 13.4. The first-order chi connectivity index (χ1) is 10.0. The number of hydrogen-bond acceptors (Lipinski definition) is 2. The van der Waals surface area contributed by atoms with Crippen molar-refractivity contribution in [3.05, 3.63) is 70.8 Å². The second-order valence-electron chi connectivity index (χ2n) is 5.44. The summed E-state index contributed by atoms with van der Waals surface area (Å²) in [7, 11) is 0. The first kappa shape index (κ1) is 15.6. The predicted molar refractivity (Wildman–Crippen MR) is 79.1 cm³/mol. The predicted octanol–water partition coefficient (Wildman–Crippen LogP) is 2.70. The largest absolute Gasteiger partial charge is 0.395 e. The van der Waals surface area contributed by atoms with E-state index in [1.54, 1.807) is 0 Å². The van der Waals surface area contributed by atoms with Crippen molar-refractivity contribution >= 4 is 0 Å². The zero-order valence-corrected chi connectivity index (χ0v) is 11.9. The molecule has 1 unspecified atom stereocenters. The maximum Gasteiger partial charge on any atom is 0.159 e. The molecule has 4 heteroatoms. The SMILES string of the molecule is Cc1cccc(C(CN)(CO)Cc2ccc(F)c(F)c2)c1. The second-order valence-corrected chi connectivity index (χ2v) is 5.44. The third-order valence-electron chi connectivity index (χ3n) is 3.85. The number of rotatable bonds is 5. The van der Waals surface area contributed by atoms with Crippen molar-refractivity contribution in [3.63, 3.8) is 0 Å². The van der Waals surface area contributed by atoms with Gasteiger partial charge >= 0.3 is 0 Å². The summed E-state index contributed by atoms with van der Waals surface area (Å²) in [6.45, 7) is 2.01. The lowest BCUT2D eigenvalue weighted by Gasteiger charge is -2.31. The summed E-state index contributed by atoms with van der Waals surface area (Å²) >= 11 is 0. The molecule has 0 saturated heterocycles. The average Bonchev–Trinajstić information content (AvgIpc) is 2.48. The van der Waals surface area contributed by atoms with Crippen LogP contribution in [0.4, 0.5) is 8.78 Å². The Morgan fingerprint density at radius 2 is 1.86 bits per heavy atom. The molecule has 0 heterocycles. The summed E-state index contributed by atoms with van der Waals surface area (Å²) in [6.07, 6.45) is 0.348. The van der Waals surface area contributed by atoms with Crippen molar-refractivity contribution in [3.8, 4) is 0 Å². The molecule has 3 N–H and O–H groups in total. The topological polar surface area (TPSA) is 46.2 Å². The van der Waals surface area contributed by atoms with Gasteiger partial charge in [0.2, 0.25) is 0 Å². The number of aliphatic hydroxyl groups excluding tert-OH is 1. The van der Waals surface area contributed by atoms with Crippen molar-refractivity contribution in [1.29, 1.82) is 0 Å². The molecule has 0 aliphatic heterocycles. The van der Waals surface area contributed by atoms with Gasteiger partial charge in [-0.15, -0.1) is 0 Å². The fourth-order valence-electron chi connectivity index (χ4n) is 2.52. The molecule has 2 rings (SSSR count). The lowest BCUT2D eigenvalue weighted by atomic mass is 9.76. The van der Waals surface area contributed by atoms with Crippen LogP contribution in [0, 0.1) is 18.6 Å². The van der Waals surface area contributed by atoms with Gasteiger partial charge in [-0.05, 0) is 36.6 Å². The molecule has 2 nitrogen and oxygen atoms in total. The minimum Gasteiger partial charge on any atom is -0.395 e. The molecule has 0 spiro atoms. The Kier molecular flexibility index (Phi) is 4.70. The van der Waals surface area contributed by atoms with Crippen LogP contribution < -0.4 is 5.73 Å². The Bertz CT molecular complexity index is 624. The maximum absolute atomic E-state index is 13.4. The summed E-state index contributed by atoms with van der Waals surface area (Å²) in [4.78, 5) is 0. The number of hydrogen-bond donors (Lipinski definition) is 2. The van der Waals surface area contributed by atoms with E-state index in [1.807, 2.05) is 31.2 Å². The molecule has 0 aliphatic rings. The van der Waals surface area contributed by atoms with E-state index in [1.165, 1.54) is 6.07 Å². The van der Waals surface area contributed by atoms with E-state index < -0.39 is 17.0 Å². The van der Waals surface area contributed by atoms with Crippen molar-refractivity contribution in [2.24, 2.45) is 5.73 Å². The van der Waals surface area contributed by atoms with Gasteiger partial charge < -0.3 is 10.8 Å². The van der Waals surface area contributed by atoms with Crippen LogP contribution in [-0.4, -0.2) is 18.3 Å². The van der Waals surface area contributed by atoms with E-state index >= 15 is 0 Å². The van der Waals surface area contributed by atoms with Crippen LogP contribution >= 0.6 is 0 Å². The highest BCUT2D eigenvalue weighted by atomic mass is 19.2. The van der Waals surface area contributed by atoms with Gasteiger partial charge in [-0.25, -0.2) is 8.78 Å². The first-order valence-electron chi connectivity index (χ1n) is 6.83. The van der Waals surface area contributed by atoms with Gasteiger partial charge in [0, 0.05) is 12.0 Å². The van der Waals surface area contributed by atoms with Crippen LogP contribution in [0.5, 0.6) is 0 Å². The number of aliphatic hydroxyl groups is 1. The Morgan fingerprint density at radius 1 is 1.10 bits per heavy atom. The van der Waals surface area contributed by atoms with Gasteiger partial charge in [0.1, 0.15) is 0 Å². The van der Waals surface area contributed by atoms with E-state index in [4.69, 9.17) is 5.73 Å². The molecule has 2 aromatic rings. The molecule has 0 amide bonds. The van der Waals surface area contributed by atoms with Crippen molar-refractivity contribution in [2.75, 3.05) is 13.2 Å². The Labute approximate surface area is 123 Å². The molecule has 112 valence electrons. The minimum atomic E-state index is -0.888. The molecule has 0 fully saturated rings. The van der Waals surface area contributed by atoms with Crippen molar-refractivity contribution in [1.82, 2.24) is 0 Å². The minimum absolute atomic E-state index is 0.161. The highest BCUT2D eigenvalue weighted by Crippen LogP contribution is 2.28. The molecule has 2 aromatic carbocycles. The monoisotopic (exact) mass is 291 g/mol. The highest BCUT2D eigenvalue weighted by molar-refractivity contribution is 5.33. The zero-order chi connectivity index (χ0) is 15.5. The van der Waals surface area contributed by atoms with Crippen molar-refractivity contribution in [2.45, 2.75) is 18.8 Å². The Morgan fingerprint density at radius 3 is 2.43 bits per heavy atom. The van der Waals surface area contributed by atoms with Crippen LogP contribution in [0.25, 0.3) is 0 Å². The molecule has 0 aromatic heterocycles. The second kappa shape index (κ2) is 6.33. The molecule has 0 saturated carbocycles. The molecular formula is C17H19F2NO. The normalized spacial score (nSPS) is 14.0. The van der Waals surface area contributed by atoms with Gasteiger partial charge in [-0.2, -0.15) is 0 Å². The van der Waals surface area contributed by atoms with Gasteiger partial charge in [-0.1, -0.05) is 35.9 Å². The van der Waals surface area contributed by atoms with Gasteiger partial charge in [0.25, 0.3) is 0 Å². The summed E-state index contributed by atoms with van der Waals surface area (Å²) in [6, 6.07) is 11.5. The third kappa shape index (κ3) is 3.28. The van der Waals surface area contributed by atoms with Crippen LogP contribution in [0.15, 0.2) is 42.5 Å². The number of halogens is 2. The highest BCUT2D eigenvalue weighted by Gasteiger charge is 2.31. The molecule has 1 atom stereocenters. The molecule has 0 radical (unpaired) electrons. The van der Waals surface area contributed by atoms with Crippen LogP contribution in [0.3, 0.4) is 0 Å². The van der Waals surface area contributed by atoms with Gasteiger partial charge in [0.05, 0.1) is 6.61 Å². The number of aryl methyl sites for hydroxylation is 1. The molecule has 0 aliphatic carbocycles. The lowest BCUT2D eigenvalue weighted by Crippen LogP contribution is -2.41. The average molecular weight is 291 g/mol. The van der Waals surface area contributed by atoms with Crippen LogP contribution in [-0.2, 0) is 11.8 Å². The summed E-state index contributed by atoms with van der Waals surface area (Å²) in [5.74, 6) is -1.77. The number of benzene rings is 2. The zero-order valence-electron chi connectivity index (χ0n) is 11.9. The smallest absolute Gasteiger partial charge is 0.159 e. The van der Waals surface area contributed by atoms with Crippen LogP contribution in [0.1, 0.15) is 16.7 Å². The summed E-state index contributed by atoms with van der Waals surface area (Å²) in [5.41, 5.74) is 7.76. The van der Waals surface area contributed by atoms with E-state index in [9.17, 15) is 13.9 Å². The third-order valence-corrected chi connectivity index (χ3v) is 3.85. The van der Waals surface area contributed by atoms with Crippen molar-refractivity contribution < 1.29 is 13.9 Å². The summed E-state index contributed by atoms with van der Waals surface area (Å²) < 4.78 is 26.4. The lowest BCUT2D eigenvalue weighted by molar-refractivity contribution is 0.196. The first-order valence-corrected chi connectivity index (χ1v) is 6.83. The Balaban J connectivity index is 2.40. The summed E-state index contributed by atoms with van der Waals surface area (Å²) in [5, 5.41) is 9.86. The van der Waals surface area contributed by atoms with Gasteiger partial charge in [-0.3, -0.25) is 0 Å². The Hall–Kier alpha value is -1.78. The fraction of sp³-hybridized carbons (Fsp3) is 0.294. The standard InChI is InChI=1S/C17H19F2NO/c1-12-3-2-4-14(7-12)17(10-20,11-21)9-13-5-6-15(18)16(19)8-13/h2-8,21H,9-11,20H2,1H3. The molecule has 21 heavy (non-hydrogen) atoms. The van der Waals surface area contributed by atoms with Gasteiger partial charge in [0.15, 0.2) is 11.6 Å². The number of nitrogens with two attached hydrogens (primary N) is 1. The van der Waals surface area contributed by atoms with E-state index in [-0.39, 0.29) is 13.2 Å². The molecule has 0 bridgehead atoms.